The Morgan fingerprint density at radius 2 is 2.24 bits per heavy atom. The summed E-state index contributed by atoms with van der Waals surface area (Å²) in [5.41, 5.74) is 9.15. The van der Waals surface area contributed by atoms with E-state index in [9.17, 15) is 0 Å². The topological polar surface area (TPSA) is 67.6 Å². The van der Waals surface area contributed by atoms with Crippen LogP contribution >= 0.6 is 11.3 Å². The number of H-pyrrole nitrogens is 1. The van der Waals surface area contributed by atoms with Gasteiger partial charge in [0.1, 0.15) is 5.01 Å². The predicted molar refractivity (Wildman–Crippen MR) is 71.0 cm³/mol. The van der Waals surface area contributed by atoms with Gasteiger partial charge in [0, 0.05) is 22.7 Å². The lowest BCUT2D eigenvalue weighted by atomic mass is 10.1. The first-order valence-corrected chi connectivity index (χ1v) is 6.29. The van der Waals surface area contributed by atoms with Crippen molar-refractivity contribution < 1.29 is 0 Å². The van der Waals surface area contributed by atoms with Crippen LogP contribution in [0.4, 0.5) is 5.13 Å². The van der Waals surface area contributed by atoms with Gasteiger partial charge in [0.25, 0.3) is 0 Å². The first-order chi connectivity index (χ1) is 8.28. The number of aromatic amines is 1. The molecule has 0 unspecified atom stereocenters. The van der Waals surface area contributed by atoms with Gasteiger partial charge >= 0.3 is 0 Å². The molecule has 0 fully saturated rings. The van der Waals surface area contributed by atoms with Gasteiger partial charge < -0.3 is 10.7 Å². The molecule has 4 nitrogen and oxygen atoms in total. The molecule has 1 aromatic carbocycles. The molecule has 3 rings (SSSR count). The molecule has 0 aliphatic heterocycles. The van der Waals surface area contributed by atoms with Gasteiger partial charge in [0.05, 0.1) is 0 Å². The Kier molecular flexibility index (Phi) is 2.33. The zero-order valence-electron chi connectivity index (χ0n) is 9.40. The van der Waals surface area contributed by atoms with Crippen molar-refractivity contribution in [2.24, 2.45) is 0 Å². The second-order valence-corrected chi connectivity index (χ2v) is 4.88. The summed E-state index contributed by atoms with van der Waals surface area (Å²) in [6.45, 7) is 2.15. The highest BCUT2D eigenvalue weighted by Crippen LogP contribution is 2.29. The molecule has 0 saturated carbocycles. The van der Waals surface area contributed by atoms with Gasteiger partial charge in [0.2, 0.25) is 5.13 Å². The molecule has 5 heteroatoms. The molecule has 0 aliphatic rings. The highest BCUT2D eigenvalue weighted by Gasteiger charge is 2.07. The summed E-state index contributed by atoms with van der Waals surface area (Å²) in [7, 11) is 0. The van der Waals surface area contributed by atoms with Crippen molar-refractivity contribution in [3.8, 4) is 10.6 Å². The molecule has 0 saturated heterocycles. The molecule has 3 aromatic rings. The first-order valence-electron chi connectivity index (χ1n) is 5.47. The van der Waals surface area contributed by atoms with Crippen LogP contribution < -0.4 is 5.73 Å². The maximum absolute atomic E-state index is 5.60. The quantitative estimate of drug-likeness (QED) is 0.728. The van der Waals surface area contributed by atoms with Crippen molar-refractivity contribution in [3.05, 3.63) is 30.0 Å². The Morgan fingerprint density at radius 1 is 1.35 bits per heavy atom. The summed E-state index contributed by atoms with van der Waals surface area (Å²) >= 11 is 1.41. The molecule has 2 aromatic heterocycles. The van der Waals surface area contributed by atoms with Crippen LogP contribution in [0.3, 0.4) is 0 Å². The maximum atomic E-state index is 5.60. The van der Waals surface area contributed by atoms with E-state index in [1.807, 2.05) is 6.07 Å². The molecular formula is C12H12N4S. The molecule has 0 radical (unpaired) electrons. The van der Waals surface area contributed by atoms with E-state index in [2.05, 4.69) is 40.4 Å². The Bertz CT molecular complexity index is 668. The number of rotatable bonds is 2. The van der Waals surface area contributed by atoms with Gasteiger partial charge in [-0.3, -0.25) is 0 Å². The lowest BCUT2D eigenvalue weighted by Gasteiger charge is -1.98. The number of benzene rings is 1. The van der Waals surface area contributed by atoms with E-state index in [0.717, 1.165) is 22.5 Å². The third kappa shape index (κ3) is 1.68. The molecule has 0 atom stereocenters. The van der Waals surface area contributed by atoms with Gasteiger partial charge in [-0.25, -0.2) is 0 Å². The lowest BCUT2D eigenvalue weighted by Crippen LogP contribution is -1.80. The minimum Gasteiger partial charge on any atom is -0.374 e. The molecular weight excluding hydrogens is 232 g/mol. The fourth-order valence-electron chi connectivity index (χ4n) is 1.96. The number of nitrogens with two attached hydrogens (primary N) is 1. The maximum Gasteiger partial charge on any atom is 0.203 e. The summed E-state index contributed by atoms with van der Waals surface area (Å²) in [6.07, 6.45) is 3.07. The summed E-state index contributed by atoms with van der Waals surface area (Å²) in [6, 6.07) is 6.25. The van der Waals surface area contributed by atoms with Crippen molar-refractivity contribution in [1.82, 2.24) is 15.2 Å². The molecule has 3 N–H and O–H groups in total. The number of nitrogens with one attached hydrogen (secondary N) is 1. The Morgan fingerprint density at radius 3 is 2.94 bits per heavy atom. The lowest BCUT2D eigenvalue weighted by molar-refractivity contribution is 1.10. The van der Waals surface area contributed by atoms with Gasteiger partial charge in [-0.1, -0.05) is 18.3 Å². The minimum absolute atomic E-state index is 0.505. The van der Waals surface area contributed by atoms with Crippen molar-refractivity contribution in [1.29, 1.82) is 0 Å². The van der Waals surface area contributed by atoms with Crippen LogP contribution in [0.2, 0.25) is 0 Å². The van der Waals surface area contributed by atoms with Gasteiger partial charge in [-0.2, -0.15) is 0 Å². The Labute approximate surface area is 102 Å². The number of hydrogen-bond donors (Lipinski definition) is 2. The SMILES string of the molecule is CCc1c[nH]c2ccc(-c3nnc(N)s3)cc12. The van der Waals surface area contributed by atoms with Crippen LogP contribution in [0.25, 0.3) is 21.5 Å². The average molecular weight is 244 g/mol. The predicted octanol–water partition coefficient (Wildman–Crippen LogP) is 2.83. The summed E-state index contributed by atoms with van der Waals surface area (Å²) < 4.78 is 0. The van der Waals surface area contributed by atoms with E-state index in [-0.39, 0.29) is 0 Å². The third-order valence-electron chi connectivity index (χ3n) is 2.84. The smallest absolute Gasteiger partial charge is 0.203 e. The number of aromatic nitrogens is 3. The number of nitrogen functional groups attached to an aromatic ring is 1. The third-order valence-corrected chi connectivity index (χ3v) is 3.64. The summed E-state index contributed by atoms with van der Waals surface area (Å²) in [5, 5.41) is 10.5. The Hall–Kier alpha value is -1.88. The van der Waals surface area contributed by atoms with E-state index < -0.39 is 0 Å². The Balaban J connectivity index is 2.18. The van der Waals surface area contributed by atoms with E-state index in [1.54, 1.807) is 0 Å². The van der Waals surface area contributed by atoms with Crippen molar-refractivity contribution in [3.63, 3.8) is 0 Å². The zero-order chi connectivity index (χ0) is 11.8. The minimum atomic E-state index is 0.505. The number of anilines is 1. The summed E-state index contributed by atoms with van der Waals surface area (Å²) in [4.78, 5) is 3.27. The number of aryl methyl sites for hydroxylation is 1. The second-order valence-electron chi connectivity index (χ2n) is 3.87. The fourth-order valence-corrected chi connectivity index (χ4v) is 2.56. The van der Waals surface area contributed by atoms with E-state index in [4.69, 9.17) is 5.73 Å². The molecule has 0 spiro atoms. The largest absolute Gasteiger partial charge is 0.374 e. The van der Waals surface area contributed by atoms with Crippen LogP contribution in [0.15, 0.2) is 24.4 Å². The average Bonchev–Trinajstić information content (AvgIpc) is 2.94. The first kappa shape index (κ1) is 10.3. The van der Waals surface area contributed by atoms with Crippen LogP contribution in [0, 0.1) is 0 Å². The van der Waals surface area contributed by atoms with Gasteiger partial charge in [-0.15, -0.1) is 10.2 Å². The molecule has 86 valence electrons. The molecule has 0 amide bonds. The molecule has 0 bridgehead atoms. The van der Waals surface area contributed by atoms with Crippen LogP contribution in [0.1, 0.15) is 12.5 Å². The van der Waals surface area contributed by atoms with Crippen molar-refractivity contribution in [2.75, 3.05) is 5.73 Å². The summed E-state index contributed by atoms with van der Waals surface area (Å²) in [5.74, 6) is 0. The number of hydrogen-bond acceptors (Lipinski definition) is 4. The van der Waals surface area contributed by atoms with Crippen molar-refractivity contribution >= 4 is 27.4 Å². The second kappa shape index (κ2) is 3.85. The fraction of sp³-hybridized carbons (Fsp3) is 0.167. The molecule has 0 aliphatic carbocycles. The van der Waals surface area contributed by atoms with Crippen LogP contribution in [0.5, 0.6) is 0 Å². The molecule has 17 heavy (non-hydrogen) atoms. The standard InChI is InChI=1S/C12H12N4S/c1-2-7-6-14-10-4-3-8(5-9(7)10)11-15-16-12(13)17-11/h3-6,14H,2H2,1H3,(H2,13,16). The highest BCUT2D eigenvalue weighted by atomic mass is 32.1. The van der Waals surface area contributed by atoms with Crippen LogP contribution in [-0.2, 0) is 6.42 Å². The highest BCUT2D eigenvalue weighted by molar-refractivity contribution is 7.18. The van der Waals surface area contributed by atoms with E-state index >= 15 is 0 Å². The number of nitrogens with zero attached hydrogens (tertiary/aromatic N) is 2. The number of fused-ring (bicyclic) bond motifs is 1. The molecule has 2 heterocycles. The monoisotopic (exact) mass is 244 g/mol. The van der Waals surface area contributed by atoms with Gasteiger partial charge in [-0.05, 0) is 30.2 Å². The normalized spacial score (nSPS) is 11.1. The van der Waals surface area contributed by atoms with Gasteiger partial charge in [0.15, 0.2) is 0 Å². The zero-order valence-corrected chi connectivity index (χ0v) is 10.2. The van der Waals surface area contributed by atoms with E-state index in [1.165, 1.54) is 22.3 Å². The van der Waals surface area contributed by atoms with Crippen LogP contribution in [-0.4, -0.2) is 15.2 Å². The van der Waals surface area contributed by atoms with E-state index in [0.29, 0.717) is 5.13 Å². The van der Waals surface area contributed by atoms with Crippen molar-refractivity contribution in [2.45, 2.75) is 13.3 Å².